The summed E-state index contributed by atoms with van der Waals surface area (Å²) in [6, 6.07) is -0.721. The van der Waals surface area contributed by atoms with Crippen molar-refractivity contribution < 1.29 is 22.6 Å². The van der Waals surface area contributed by atoms with Crippen LogP contribution in [0.2, 0.25) is 0 Å². The maximum absolute atomic E-state index is 12.2. The lowest BCUT2D eigenvalue weighted by Gasteiger charge is -2.36. The molecule has 8 heteroatoms. The summed E-state index contributed by atoms with van der Waals surface area (Å²) in [4.78, 5) is 2.20. The van der Waals surface area contributed by atoms with Crippen LogP contribution in [0.4, 0.5) is 13.2 Å². The van der Waals surface area contributed by atoms with Gasteiger partial charge < -0.3 is 20.9 Å². The summed E-state index contributed by atoms with van der Waals surface area (Å²) in [6.45, 7) is 3.74. The Bertz CT molecular complexity index is 419. The Labute approximate surface area is 121 Å². The van der Waals surface area contributed by atoms with Crippen molar-refractivity contribution in [3.63, 3.8) is 0 Å². The Hall–Kier alpha value is -1.09. The topological polar surface area (TPSA) is 73.7 Å². The van der Waals surface area contributed by atoms with Gasteiger partial charge in [-0.3, -0.25) is 4.90 Å². The third-order valence-corrected chi connectivity index (χ3v) is 3.72. The van der Waals surface area contributed by atoms with Crippen LogP contribution in [-0.4, -0.2) is 55.7 Å². The number of halogens is 3. The zero-order valence-corrected chi connectivity index (χ0v) is 11.6. The first-order valence-corrected chi connectivity index (χ1v) is 6.80. The molecule has 1 aliphatic carbocycles. The molecule has 1 aliphatic heterocycles. The van der Waals surface area contributed by atoms with Gasteiger partial charge in [-0.2, -0.15) is 0 Å². The van der Waals surface area contributed by atoms with Crippen LogP contribution in [0.25, 0.3) is 0 Å². The molecule has 120 valence electrons. The van der Waals surface area contributed by atoms with Gasteiger partial charge in [0.1, 0.15) is 5.76 Å². The van der Waals surface area contributed by atoms with Crippen LogP contribution < -0.4 is 11.5 Å². The molecule has 0 amide bonds. The minimum absolute atomic E-state index is 0.317. The number of nitrogens with zero attached hydrogens (tertiary/aromatic N) is 1. The van der Waals surface area contributed by atoms with Crippen molar-refractivity contribution in [3.05, 3.63) is 24.0 Å². The van der Waals surface area contributed by atoms with E-state index in [0.29, 0.717) is 19.6 Å². The molecule has 1 fully saturated rings. The average molecular weight is 307 g/mol. The van der Waals surface area contributed by atoms with Crippen molar-refractivity contribution in [1.82, 2.24) is 4.90 Å². The molecule has 0 radical (unpaired) electrons. The highest BCUT2D eigenvalue weighted by molar-refractivity contribution is 5.30. The fourth-order valence-corrected chi connectivity index (χ4v) is 2.36. The van der Waals surface area contributed by atoms with E-state index >= 15 is 0 Å². The Balaban J connectivity index is 1.90. The number of rotatable bonds is 4. The van der Waals surface area contributed by atoms with E-state index in [1.807, 2.05) is 0 Å². The molecule has 2 rings (SSSR count). The molecule has 21 heavy (non-hydrogen) atoms. The van der Waals surface area contributed by atoms with E-state index in [4.69, 9.17) is 16.2 Å². The van der Waals surface area contributed by atoms with E-state index in [2.05, 4.69) is 9.64 Å². The Morgan fingerprint density at radius 2 is 2.05 bits per heavy atom. The third kappa shape index (κ3) is 4.70. The Kier molecular flexibility index (Phi) is 4.92. The molecule has 0 aromatic rings. The summed E-state index contributed by atoms with van der Waals surface area (Å²) in [5.74, 6) is -0.317. The molecule has 4 N–H and O–H groups in total. The predicted octanol–water partition coefficient (Wildman–Crippen LogP) is 0.724. The maximum atomic E-state index is 12.2. The van der Waals surface area contributed by atoms with E-state index in [1.54, 1.807) is 0 Å². The van der Waals surface area contributed by atoms with Crippen molar-refractivity contribution in [2.24, 2.45) is 11.5 Å². The summed E-state index contributed by atoms with van der Waals surface area (Å²) >= 11 is 0. The lowest BCUT2D eigenvalue weighted by atomic mass is 9.84. The lowest BCUT2D eigenvalue weighted by molar-refractivity contribution is -0.303. The molecule has 0 aromatic heterocycles. The molecule has 0 saturated carbocycles. The van der Waals surface area contributed by atoms with Crippen molar-refractivity contribution in [2.45, 2.75) is 24.4 Å². The van der Waals surface area contributed by atoms with Gasteiger partial charge in [-0.05, 0) is 18.6 Å². The van der Waals surface area contributed by atoms with Crippen LogP contribution in [0, 0.1) is 0 Å². The summed E-state index contributed by atoms with van der Waals surface area (Å²) < 4.78 is 45.6. The quantitative estimate of drug-likeness (QED) is 0.801. The minimum atomic E-state index is -4.72. The highest BCUT2D eigenvalue weighted by atomic mass is 19.4. The highest BCUT2D eigenvalue weighted by Gasteiger charge is 2.36. The normalized spacial score (nSPS) is 31.1. The molecule has 1 saturated heterocycles. The zero-order valence-electron chi connectivity index (χ0n) is 11.6. The molecule has 0 spiro atoms. The van der Waals surface area contributed by atoms with E-state index in [-0.39, 0.29) is 5.76 Å². The second-order valence-corrected chi connectivity index (χ2v) is 5.29. The molecular formula is C13H20F3N3O2. The van der Waals surface area contributed by atoms with Gasteiger partial charge in [0.05, 0.1) is 18.8 Å². The van der Waals surface area contributed by atoms with Crippen LogP contribution in [0.1, 0.15) is 6.42 Å². The number of hydrogen-bond donors (Lipinski definition) is 2. The van der Waals surface area contributed by atoms with Gasteiger partial charge in [-0.25, -0.2) is 0 Å². The van der Waals surface area contributed by atoms with Crippen LogP contribution in [0.5, 0.6) is 0 Å². The van der Waals surface area contributed by atoms with Crippen molar-refractivity contribution in [2.75, 3.05) is 32.8 Å². The molecule has 2 aliphatic rings. The number of allylic oxidation sites excluding steroid dienone is 1. The predicted molar refractivity (Wildman–Crippen MR) is 71.1 cm³/mol. The third-order valence-electron chi connectivity index (χ3n) is 3.72. The van der Waals surface area contributed by atoms with Gasteiger partial charge in [0.25, 0.3) is 0 Å². The molecule has 5 nitrogen and oxygen atoms in total. The van der Waals surface area contributed by atoms with Crippen molar-refractivity contribution >= 4 is 0 Å². The SMILES string of the molecule is NC1C=C(OC(F)(F)F)C=CC1(N)CCN1CCOCC1. The van der Waals surface area contributed by atoms with E-state index in [0.717, 1.165) is 19.6 Å². The van der Waals surface area contributed by atoms with Gasteiger partial charge in [-0.1, -0.05) is 6.08 Å². The Morgan fingerprint density at radius 1 is 1.38 bits per heavy atom. The van der Waals surface area contributed by atoms with Crippen LogP contribution in [0.15, 0.2) is 24.0 Å². The van der Waals surface area contributed by atoms with E-state index < -0.39 is 17.9 Å². The van der Waals surface area contributed by atoms with Crippen LogP contribution in [-0.2, 0) is 9.47 Å². The summed E-state index contributed by atoms with van der Waals surface area (Å²) in [6.07, 6.45) is -0.221. The van der Waals surface area contributed by atoms with Crippen molar-refractivity contribution in [1.29, 1.82) is 0 Å². The number of morpholine rings is 1. The molecular weight excluding hydrogens is 287 g/mol. The number of alkyl halides is 3. The van der Waals surface area contributed by atoms with Gasteiger partial charge >= 0.3 is 6.36 Å². The largest absolute Gasteiger partial charge is 0.573 e. The van der Waals surface area contributed by atoms with Gasteiger partial charge in [-0.15, -0.1) is 13.2 Å². The fraction of sp³-hybridized carbons (Fsp3) is 0.692. The molecule has 2 atom stereocenters. The van der Waals surface area contributed by atoms with E-state index in [1.165, 1.54) is 18.2 Å². The first kappa shape index (κ1) is 16.3. The number of nitrogens with two attached hydrogens (primary N) is 2. The maximum Gasteiger partial charge on any atom is 0.573 e. The van der Waals surface area contributed by atoms with Gasteiger partial charge in [0.2, 0.25) is 0 Å². The highest BCUT2D eigenvalue weighted by Crippen LogP contribution is 2.27. The second-order valence-electron chi connectivity index (χ2n) is 5.29. The van der Waals surface area contributed by atoms with Gasteiger partial charge in [0, 0.05) is 25.7 Å². The second kappa shape index (κ2) is 6.35. The van der Waals surface area contributed by atoms with Crippen molar-refractivity contribution in [3.8, 4) is 0 Å². The minimum Gasteiger partial charge on any atom is -0.406 e. The first-order chi connectivity index (χ1) is 9.78. The van der Waals surface area contributed by atoms with Crippen LogP contribution >= 0.6 is 0 Å². The first-order valence-electron chi connectivity index (χ1n) is 6.80. The fourth-order valence-electron chi connectivity index (χ4n) is 2.36. The van der Waals surface area contributed by atoms with E-state index in [9.17, 15) is 13.2 Å². The smallest absolute Gasteiger partial charge is 0.406 e. The summed E-state index contributed by atoms with van der Waals surface area (Å²) in [5, 5.41) is 0. The molecule has 0 bridgehead atoms. The standard InChI is InChI=1S/C13H20F3N3O2/c14-13(15,16)21-10-1-2-12(18,11(17)9-10)3-4-19-5-7-20-8-6-19/h1-2,9,11H,3-8,17-18H2. The Morgan fingerprint density at radius 3 is 2.62 bits per heavy atom. The molecule has 2 unspecified atom stereocenters. The molecule has 1 heterocycles. The van der Waals surface area contributed by atoms with Crippen LogP contribution in [0.3, 0.4) is 0 Å². The summed E-state index contributed by atoms with van der Waals surface area (Å²) in [5.41, 5.74) is 11.2. The molecule has 0 aromatic carbocycles. The average Bonchev–Trinajstić information content (AvgIpc) is 2.41. The number of ether oxygens (including phenoxy) is 2. The summed E-state index contributed by atoms with van der Waals surface area (Å²) in [7, 11) is 0. The zero-order chi connectivity index (χ0) is 15.5. The lowest BCUT2D eigenvalue weighted by Crippen LogP contribution is -2.56. The monoisotopic (exact) mass is 307 g/mol. The number of hydrogen-bond acceptors (Lipinski definition) is 5. The van der Waals surface area contributed by atoms with Gasteiger partial charge in [0.15, 0.2) is 0 Å².